The third-order valence-electron chi connectivity index (χ3n) is 3.59. The Balaban J connectivity index is 1.75. The second-order valence-electron chi connectivity index (χ2n) is 5.56. The van der Waals surface area contributed by atoms with Crippen molar-refractivity contribution in [3.05, 3.63) is 77.2 Å². The van der Waals surface area contributed by atoms with Crippen molar-refractivity contribution in [3.63, 3.8) is 0 Å². The number of nitrogens with one attached hydrogen (secondary N) is 2. The first-order chi connectivity index (χ1) is 12.3. The molecule has 0 spiro atoms. The molecule has 2 aromatic carbocycles. The van der Waals surface area contributed by atoms with Gasteiger partial charge in [-0.1, -0.05) is 29.8 Å². The quantitative estimate of drug-likeness (QED) is 0.659. The third-order valence-corrected chi connectivity index (χ3v) is 5.40. The van der Waals surface area contributed by atoms with Gasteiger partial charge in [0.15, 0.2) is 0 Å². The lowest BCUT2D eigenvalue weighted by Crippen LogP contribution is -2.15. The van der Waals surface area contributed by atoms with Gasteiger partial charge in [-0.15, -0.1) is 0 Å². The first-order valence-corrected chi connectivity index (χ1v) is 9.48. The monoisotopic (exact) mass is 391 g/mol. The second-order valence-corrected chi connectivity index (χ2v) is 7.62. The molecule has 2 N–H and O–H groups in total. The Kier molecular flexibility index (Phi) is 5.11. The molecule has 1 heterocycles. The topological polar surface area (TPSA) is 71.1 Å². The molecule has 0 saturated carbocycles. The minimum atomic E-state index is -3.72. The number of hydrogen-bond donors (Lipinski definition) is 2. The van der Waals surface area contributed by atoms with Crippen molar-refractivity contribution in [1.29, 1.82) is 0 Å². The van der Waals surface area contributed by atoms with Crippen LogP contribution in [-0.4, -0.2) is 13.4 Å². The summed E-state index contributed by atoms with van der Waals surface area (Å²) in [5.41, 5.74) is 1.84. The van der Waals surface area contributed by atoms with Gasteiger partial charge < -0.3 is 5.32 Å². The summed E-state index contributed by atoms with van der Waals surface area (Å²) in [4.78, 5) is 4.29. The zero-order valence-electron chi connectivity index (χ0n) is 13.7. The highest BCUT2D eigenvalue weighted by molar-refractivity contribution is 7.92. The molecule has 0 atom stereocenters. The molecule has 0 saturated heterocycles. The second kappa shape index (κ2) is 7.31. The number of benzene rings is 2. The fourth-order valence-corrected chi connectivity index (χ4v) is 3.76. The number of aromatic nitrogens is 1. The van der Waals surface area contributed by atoms with Crippen molar-refractivity contribution in [2.24, 2.45) is 0 Å². The van der Waals surface area contributed by atoms with Crippen LogP contribution in [0.2, 0.25) is 5.02 Å². The van der Waals surface area contributed by atoms with Crippen LogP contribution in [0.3, 0.4) is 0 Å². The number of anilines is 3. The van der Waals surface area contributed by atoms with E-state index in [4.69, 9.17) is 11.6 Å². The van der Waals surface area contributed by atoms with E-state index in [1.54, 1.807) is 31.2 Å². The van der Waals surface area contributed by atoms with Crippen molar-refractivity contribution in [2.45, 2.75) is 11.8 Å². The molecule has 134 valence electrons. The minimum Gasteiger partial charge on any atom is -0.354 e. The van der Waals surface area contributed by atoms with Crippen LogP contribution in [0.1, 0.15) is 5.56 Å². The highest BCUT2D eigenvalue weighted by atomic mass is 35.5. The van der Waals surface area contributed by atoms with E-state index in [-0.39, 0.29) is 15.7 Å². The number of pyridine rings is 1. The minimum absolute atomic E-state index is 0.00516. The van der Waals surface area contributed by atoms with Crippen LogP contribution in [0, 0.1) is 12.7 Å². The molecule has 1 aromatic heterocycles. The van der Waals surface area contributed by atoms with E-state index >= 15 is 0 Å². The average Bonchev–Trinajstić information content (AvgIpc) is 2.60. The molecule has 0 unspecified atom stereocenters. The summed E-state index contributed by atoms with van der Waals surface area (Å²) in [6.45, 7) is 1.73. The molecular weight excluding hydrogens is 377 g/mol. The first-order valence-electron chi connectivity index (χ1n) is 7.62. The van der Waals surface area contributed by atoms with E-state index < -0.39 is 15.8 Å². The van der Waals surface area contributed by atoms with E-state index in [1.807, 2.05) is 0 Å². The van der Waals surface area contributed by atoms with Crippen LogP contribution < -0.4 is 10.0 Å². The van der Waals surface area contributed by atoms with Crippen molar-refractivity contribution in [1.82, 2.24) is 4.98 Å². The largest absolute Gasteiger partial charge is 0.354 e. The van der Waals surface area contributed by atoms with Crippen LogP contribution in [0.4, 0.5) is 21.6 Å². The molecule has 0 bridgehead atoms. The molecule has 0 aliphatic heterocycles. The van der Waals surface area contributed by atoms with Gasteiger partial charge in [0, 0.05) is 5.69 Å². The van der Waals surface area contributed by atoms with Crippen LogP contribution in [0.25, 0.3) is 0 Å². The standard InChI is InChI=1S/C18H15ClFN3O2S/c1-12-4-2-3-5-17(12)26(24,25)23-18-9-7-14(11-21-18)22-13-6-8-16(20)15(19)10-13/h2-11,22H,1H3,(H,21,23). The third kappa shape index (κ3) is 4.12. The highest BCUT2D eigenvalue weighted by Gasteiger charge is 2.16. The Morgan fingerprint density at radius 2 is 1.77 bits per heavy atom. The number of hydrogen-bond acceptors (Lipinski definition) is 4. The lowest BCUT2D eigenvalue weighted by molar-refractivity contribution is 0.600. The maximum Gasteiger partial charge on any atom is 0.263 e. The van der Waals surface area contributed by atoms with Gasteiger partial charge >= 0.3 is 0 Å². The molecule has 26 heavy (non-hydrogen) atoms. The Hall–Kier alpha value is -2.64. The van der Waals surface area contributed by atoms with Crippen LogP contribution in [-0.2, 0) is 10.0 Å². The Morgan fingerprint density at radius 1 is 1.04 bits per heavy atom. The summed E-state index contributed by atoms with van der Waals surface area (Å²) in [6, 6.07) is 14.1. The van der Waals surface area contributed by atoms with E-state index in [2.05, 4.69) is 15.0 Å². The molecule has 3 rings (SSSR count). The lowest BCUT2D eigenvalue weighted by atomic mass is 10.2. The number of nitrogens with zero attached hydrogens (tertiary/aromatic N) is 1. The summed E-state index contributed by atoms with van der Waals surface area (Å²) in [5.74, 6) is -0.313. The molecule has 3 aromatic rings. The van der Waals surface area contributed by atoms with Crippen LogP contribution in [0.5, 0.6) is 0 Å². The zero-order chi connectivity index (χ0) is 18.7. The summed E-state index contributed by atoms with van der Waals surface area (Å²) in [7, 11) is -3.72. The number of aryl methyl sites for hydroxylation is 1. The molecule has 0 radical (unpaired) electrons. The molecule has 8 heteroatoms. The summed E-state index contributed by atoms with van der Waals surface area (Å²) in [6.07, 6.45) is 1.47. The predicted octanol–water partition coefficient (Wildman–Crippen LogP) is 4.73. The fraction of sp³-hybridized carbons (Fsp3) is 0.0556. The predicted molar refractivity (Wildman–Crippen MR) is 101 cm³/mol. The van der Waals surface area contributed by atoms with E-state index in [0.29, 0.717) is 16.9 Å². The number of sulfonamides is 1. The zero-order valence-corrected chi connectivity index (χ0v) is 15.3. The molecule has 5 nitrogen and oxygen atoms in total. The maximum absolute atomic E-state index is 13.2. The van der Waals surface area contributed by atoms with Gasteiger partial charge in [-0.05, 0) is 48.9 Å². The number of rotatable bonds is 5. The molecular formula is C18H15ClFN3O2S. The van der Waals surface area contributed by atoms with Gasteiger partial charge in [0.05, 0.1) is 21.8 Å². The van der Waals surface area contributed by atoms with Gasteiger partial charge in [0.2, 0.25) is 0 Å². The van der Waals surface area contributed by atoms with Crippen molar-refractivity contribution < 1.29 is 12.8 Å². The van der Waals surface area contributed by atoms with E-state index in [0.717, 1.165) is 0 Å². The van der Waals surface area contributed by atoms with Gasteiger partial charge in [-0.3, -0.25) is 4.72 Å². The molecule has 0 amide bonds. The van der Waals surface area contributed by atoms with Gasteiger partial charge in [-0.2, -0.15) is 0 Å². The smallest absolute Gasteiger partial charge is 0.263 e. The van der Waals surface area contributed by atoms with Gasteiger partial charge in [0.1, 0.15) is 11.6 Å². The SMILES string of the molecule is Cc1ccccc1S(=O)(=O)Nc1ccc(Nc2ccc(F)c(Cl)c2)cn1. The Bertz CT molecular complexity index is 1040. The maximum atomic E-state index is 13.2. The molecule has 0 aliphatic carbocycles. The van der Waals surface area contributed by atoms with Crippen molar-refractivity contribution >= 4 is 38.8 Å². The lowest BCUT2D eigenvalue weighted by Gasteiger charge is -2.11. The summed E-state index contributed by atoms with van der Waals surface area (Å²) in [5, 5.41) is 3.02. The Labute approximate surface area is 155 Å². The average molecular weight is 392 g/mol. The van der Waals surface area contributed by atoms with Crippen molar-refractivity contribution in [2.75, 3.05) is 10.0 Å². The Morgan fingerprint density at radius 3 is 2.42 bits per heavy atom. The van der Waals surface area contributed by atoms with E-state index in [9.17, 15) is 12.8 Å². The summed E-state index contributed by atoms with van der Waals surface area (Å²) < 4.78 is 40.5. The van der Waals surface area contributed by atoms with E-state index in [1.165, 1.54) is 36.5 Å². The normalized spacial score (nSPS) is 11.2. The van der Waals surface area contributed by atoms with Crippen LogP contribution >= 0.6 is 11.6 Å². The summed E-state index contributed by atoms with van der Waals surface area (Å²) >= 11 is 5.74. The van der Waals surface area contributed by atoms with Crippen LogP contribution in [0.15, 0.2) is 65.7 Å². The van der Waals surface area contributed by atoms with Gasteiger partial charge in [0.25, 0.3) is 10.0 Å². The fourth-order valence-electron chi connectivity index (χ4n) is 2.32. The molecule has 0 aliphatic rings. The van der Waals surface area contributed by atoms with Gasteiger partial charge in [-0.25, -0.2) is 17.8 Å². The number of halogens is 2. The highest BCUT2D eigenvalue weighted by Crippen LogP contribution is 2.23. The first kappa shape index (κ1) is 18.2. The van der Waals surface area contributed by atoms with Crippen molar-refractivity contribution in [3.8, 4) is 0 Å². The molecule has 0 fully saturated rings.